The van der Waals surface area contributed by atoms with Gasteiger partial charge in [-0.25, -0.2) is 0 Å². The molecule has 3 nitrogen and oxygen atoms in total. The standard InChI is InChI=1S/C12H25NO2/c1-3-5-6-7-9-12(15)13(4-2)10-8-11-14/h14H,3-11H2,1-2H3. The van der Waals surface area contributed by atoms with E-state index in [-0.39, 0.29) is 12.5 Å². The molecule has 1 amide bonds. The summed E-state index contributed by atoms with van der Waals surface area (Å²) in [5.41, 5.74) is 0. The molecule has 1 N–H and O–H groups in total. The fourth-order valence-electron chi connectivity index (χ4n) is 1.58. The second-order valence-electron chi connectivity index (χ2n) is 3.86. The first-order valence-electron chi connectivity index (χ1n) is 6.14. The smallest absolute Gasteiger partial charge is 0.222 e. The van der Waals surface area contributed by atoms with E-state index in [1.54, 1.807) is 0 Å². The van der Waals surface area contributed by atoms with Crippen LogP contribution in [0, 0.1) is 0 Å². The van der Waals surface area contributed by atoms with Gasteiger partial charge in [-0.2, -0.15) is 0 Å². The van der Waals surface area contributed by atoms with Crippen molar-refractivity contribution < 1.29 is 9.90 Å². The first-order chi connectivity index (χ1) is 7.26. The molecule has 0 unspecified atom stereocenters. The van der Waals surface area contributed by atoms with Crippen molar-refractivity contribution in [2.24, 2.45) is 0 Å². The molecule has 0 spiro atoms. The molecule has 0 radical (unpaired) electrons. The van der Waals surface area contributed by atoms with Crippen LogP contribution in [-0.2, 0) is 4.79 Å². The molecule has 0 aliphatic rings. The highest BCUT2D eigenvalue weighted by atomic mass is 16.3. The maximum Gasteiger partial charge on any atom is 0.222 e. The Morgan fingerprint density at radius 3 is 2.40 bits per heavy atom. The SMILES string of the molecule is CCCCCCC(=O)N(CC)CCCO. The van der Waals surface area contributed by atoms with Crippen LogP contribution in [0.25, 0.3) is 0 Å². The number of hydrogen-bond donors (Lipinski definition) is 1. The molecular formula is C12H25NO2. The van der Waals surface area contributed by atoms with Crippen LogP contribution in [0.15, 0.2) is 0 Å². The Hall–Kier alpha value is -0.570. The van der Waals surface area contributed by atoms with Gasteiger partial charge in [0.15, 0.2) is 0 Å². The molecule has 0 aliphatic heterocycles. The molecule has 0 bridgehead atoms. The lowest BCUT2D eigenvalue weighted by atomic mass is 10.1. The molecule has 15 heavy (non-hydrogen) atoms. The maximum absolute atomic E-state index is 11.7. The van der Waals surface area contributed by atoms with Crippen LogP contribution in [-0.4, -0.2) is 35.6 Å². The summed E-state index contributed by atoms with van der Waals surface area (Å²) in [4.78, 5) is 13.5. The minimum atomic E-state index is 0.166. The lowest BCUT2D eigenvalue weighted by molar-refractivity contribution is -0.131. The molecule has 0 atom stereocenters. The van der Waals surface area contributed by atoms with Crippen molar-refractivity contribution in [2.45, 2.75) is 52.4 Å². The molecule has 0 heterocycles. The van der Waals surface area contributed by atoms with E-state index >= 15 is 0 Å². The second-order valence-corrected chi connectivity index (χ2v) is 3.86. The van der Waals surface area contributed by atoms with Gasteiger partial charge in [-0.1, -0.05) is 26.2 Å². The molecular weight excluding hydrogens is 190 g/mol. The van der Waals surface area contributed by atoms with E-state index < -0.39 is 0 Å². The number of nitrogens with zero attached hydrogens (tertiary/aromatic N) is 1. The molecule has 0 rings (SSSR count). The highest BCUT2D eigenvalue weighted by Crippen LogP contribution is 2.05. The van der Waals surface area contributed by atoms with Crippen LogP contribution < -0.4 is 0 Å². The molecule has 0 saturated heterocycles. The number of aliphatic hydroxyl groups excluding tert-OH is 1. The van der Waals surface area contributed by atoms with Crippen LogP contribution >= 0.6 is 0 Å². The zero-order chi connectivity index (χ0) is 11.5. The van der Waals surface area contributed by atoms with Crippen molar-refractivity contribution in [1.82, 2.24) is 4.90 Å². The first-order valence-corrected chi connectivity index (χ1v) is 6.14. The van der Waals surface area contributed by atoms with Crippen molar-refractivity contribution in [1.29, 1.82) is 0 Å². The van der Waals surface area contributed by atoms with E-state index in [9.17, 15) is 4.79 Å². The van der Waals surface area contributed by atoms with E-state index in [1.807, 2.05) is 11.8 Å². The number of unbranched alkanes of at least 4 members (excludes halogenated alkanes) is 3. The minimum Gasteiger partial charge on any atom is -0.396 e. The van der Waals surface area contributed by atoms with Gasteiger partial charge in [0.25, 0.3) is 0 Å². The molecule has 0 aromatic heterocycles. The Kier molecular flexibility index (Phi) is 9.59. The van der Waals surface area contributed by atoms with Crippen LogP contribution in [0.1, 0.15) is 52.4 Å². The van der Waals surface area contributed by atoms with Crippen molar-refractivity contribution in [3.63, 3.8) is 0 Å². The van der Waals surface area contributed by atoms with E-state index in [0.717, 1.165) is 19.4 Å². The summed E-state index contributed by atoms with van der Waals surface area (Å²) in [6.45, 7) is 5.77. The summed E-state index contributed by atoms with van der Waals surface area (Å²) in [7, 11) is 0. The largest absolute Gasteiger partial charge is 0.396 e. The van der Waals surface area contributed by atoms with Gasteiger partial charge in [0.05, 0.1) is 0 Å². The fourth-order valence-corrected chi connectivity index (χ4v) is 1.58. The minimum absolute atomic E-state index is 0.166. The highest BCUT2D eigenvalue weighted by molar-refractivity contribution is 5.76. The van der Waals surface area contributed by atoms with Crippen LogP contribution in [0.5, 0.6) is 0 Å². The maximum atomic E-state index is 11.7. The topological polar surface area (TPSA) is 40.5 Å². The molecule has 0 aliphatic carbocycles. The van der Waals surface area contributed by atoms with Crippen molar-refractivity contribution >= 4 is 5.91 Å². The number of carbonyl (C=O) groups is 1. The average molecular weight is 215 g/mol. The van der Waals surface area contributed by atoms with Crippen molar-refractivity contribution in [3.05, 3.63) is 0 Å². The number of hydrogen-bond acceptors (Lipinski definition) is 2. The molecule has 3 heteroatoms. The first kappa shape index (κ1) is 14.4. The third-order valence-electron chi connectivity index (χ3n) is 2.56. The normalized spacial score (nSPS) is 10.3. The van der Waals surface area contributed by atoms with E-state index in [1.165, 1.54) is 12.8 Å². The van der Waals surface area contributed by atoms with Crippen molar-refractivity contribution in [3.8, 4) is 0 Å². The zero-order valence-electron chi connectivity index (χ0n) is 10.2. The Bertz CT molecular complexity index is 160. The Balaban J connectivity index is 3.63. The number of aliphatic hydroxyl groups is 1. The zero-order valence-corrected chi connectivity index (χ0v) is 10.2. The van der Waals surface area contributed by atoms with Gasteiger partial charge in [0.2, 0.25) is 5.91 Å². The molecule has 90 valence electrons. The fraction of sp³-hybridized carbons (Fsp3) is 0.917. The monoisotopic (exact) mass is 215 g/mol. The predicted molar refractivity (Wildman–Crippen MR) is 62.7 cm³/mol. The Morgan fingerprint density at radius 1 is 1.13 bits per heavy atom. The van der Waals surface area contributed by atoms with E-state index in [0.29, 0.717) is 19.4 Å². The summed E-state index contributed by atoms with van der Waals surface area (Å²) < 4.78 is 0. The van der Waals surface area contributed by atoms with E-state index in [2.05, 4.69) is 6.92 Å². The predicted octanol–water partition coefficient (Wildman–Crippen LogP) is 2.19. The van der Waals surface area contributed by atoms with Gasteiger partial charge in [-0.3, -0.25) is 4.79 Å². The lowest BCUT2D eigenvalue weighted by Gasteiger charge is -2.20. The Labute approximate surface area is 93.5 Å². The summed E-state index contributed by atoms with van der Waals surface area (Å²) in [6, 6.07) is 0. The van der Waals surface area contributed by atoms with Crippen molar-refractivity contribution in [2.75, 3.05) is 19.7 Å². The lowest BCUT2D eigenvalue weighted by Crippen LogP contribution is -2.31. The van der Waals surface area contributed by atoms with E-state index in [4.69, 9.17) is 5.11 Å². The third-order valence-corrected chi connectivity index (χ3v) is 2.56. The molecule has 0 aromatic carbocycles. The summed E-state index contributed by atoms with van der Waals surface area (Å²) in [5.74, 6) is 0.238. The summed E-state index contributed by atoms with van der Waals surface area (Å²) >= 11 is 0. The van der Waals surface area contributed by atoms with Gasteiger partial charge < -0.3 is 10.0 Å². The summed E-state index contributed by atoms with van der Waals surface area (Å²) in [6.07, 6.45) is 5.93. The summed E-state index contributed by atoms with van der Waals surface area (Å²) in [5, 5.41) is 8.70. The third kappa shape index (κ3) is 7.37. The van der Waals surface area contributed by atoms with Crippen LogP contribution in [0.2, 0.25) is 0 Å². The number of carbonyl (C=O) groups excluding carboxylic acids is 1. The molecule has 0 fully saturated rings. The molecule has 0 aromatic rings. The van der Waals surface area contributed by atoms with Gasteiger partial charge in [0, 0.05) is 26.1 Å². The molecule has 0 saturated carbocycles. The van der Waals surface area contributed by atoms with Gasteiger partial charge >= 0.3 is 0 Å². The highest BCUT2D eigenvalue weighted by Gasteiger charge is 2.09. The Morgan fingerprint density at radius 2 is 1.87 bits per heavy atom. The number of amides is 1. The second kappa shape index (κ2) is 9.97. The number of rotatable bonds is 9. The average Bonchev–Trinajstić information content (AvgIpc) is 2.25. The van der Waals surface area contributed by atoms with Gasteiger partial charge in [-0.15, -0.1) is 0 Å². The van der Waals surface area contributed by atoms with Gasteiger partial charge in [-0.05, 0) is 19.8 Å². The van der Waals surface area contributed by atoms with Crippen LogP contribution in [0.4, 0.5) is 0 Å². The quantitative estimate of drug-likeness (QED) is 0.599. The van der Waals surface area contributed by atoms with Crippen LogP contribution in [0.3, 0.4) is 0 Å². The van der Waals surface area contributed by atoms with Gasteiger partial charge in [0.1, 0.15) is 0 Å².